The minimum absolute atomic E-state index is 0.0437. The molecule has 1 saturated carbocycles. The Labute approximate surface area is 101 Å². The molecule has 1 aromatic rings. The number of anilines is 1. The second kappa shape index (κ2) is 4.78. The first kappa shape index (κ1) is 11.3. The van der Waals surface area contributed by atoms with Gasteiger partial charge in [0.15, 0.2) is 11.6 Å². The number of carbonyl (C=O) groups excluding carboxylic acids is 1. The molecule has 0 atom stereocenters. The summed E-state index contributed by atoms with van der Waals surface area (Å²) in [5.74, 6) is -0.519. The van der Waals surface area contributed by atoms with Crippen LogP contribution in [-0.2, 0) is 4.79 Å². The number of rotatable bonds is 4. The topological polar surface area (TPSA) is 54.0 Å². The van der Waals surface area contributed by atoms with E-state index in [-0.39, 0.29) is 18.3 Å². The fourth-order valence-electron chi connectivity index (χ4n) is 1.22. The van der Waals surface area contributed by atoms with Crippen LogP contribution in [0, 0.1) is 5.82 Å². The van der Waals surface area contributed by atoms with Crippen LogP contribution in [0.25, 0.3) is 0 Å². The first-order chi connectivity index (χ1) is 7.65. The molecule has 1 aliphatic rings. The molecule has 1 aliphatic carbocycles. The first-order valence-electron chi connectivity index (χ1n) is 4.99. The second-order valence-corrected chi connectivity index (χ2v) is 4.59. The number of aromatic nitrogens is 1. The van der Waals surface area contributed by atoms with Crippen LogP contribution in [-0.4, -0.2) is 23.5 Å². The predicted molar refractivity (Wildman–Crippen MR) is 61.5 cm³/mol. The molecule has 0 aromatic carbocycles. The van der Waals surface area contributed by atoms with Gasteiger partial charge in [0.05, 0.1) is 6.54 Å². The molecule has 1 fully saturated rings. The molecule has 0 saturated heterocycles. The minimum Gasteiger partial charge on any atom is -0.359 e. The summed E-state index contributed by atoms with van der Waals surface area (Å²) >= 11 is 3.11. The van der Waals surface area contributed by atoms with Gasteiger partial charge in [-0.2, -0.15) is 0 Å². The van der Waals surface area contributed by atoms with Crippen LogP contribution < -0.4 is 10.6 Å². The van der Waals surface area contributed by atoms with E-state index in [1.165, 1.54) is 12.3 Å². The van der Waals surface area contributed by atoms with Crippen molar-refractivity contribution in [3.8, 4) is 0 Å². The van der Waals surface area contributed by atoms with E-state index < -0.39 is 5.82 Å². The maximum absolute atomic E-state index is 13.3. The van der Waals surface area contributed by atoms with Gasteiger partial charge in [0, 0.05) is 16.7 Å². The van der Waals surface area contributed by atoms with Crippen LogP contribution in [0.2, 0.25) is 0 Å². The molecule has 0 aliphatic heterocycles. The highest BCUT2D eigenvalue weighted by molar-refractivity contribution is 9.10. The Balaban J connectivity index is 1.85. The predicted octanol–water partition coefficient (Wildman–Crippen LogP) is 1.67. The van der Waals surface area contributed by atoms with E-state index in [1.54, 1.807) is 0 Å². The highest BCUT2D eigenvalue weighted by atomic mass is 79.9. The quantitative estimate of drug-likeness (QED) is 0.886. The van der Waals surface area contributed by atoms with Crippen molar-refractivity contribution in [1.82, 2.24) is 10.3 Å². The van der Waals surface area contributed by atoms with E-state index in [4.69, 9.17) is 0 Å². The van der Waals surface area contributed by atoms with Gasteiger partial charge in [-0.25, -0.2) is 9.37 Å². The zero-order chi connectivity index (χ0) is 11.5. The van der Waals surface area contributed by atoms with Crippen LogP contribution in [0.3, 0.4) is 0 Å². The van der Waals surface area contributed by atoms with Gasteiger partial charge in [-0.05, 0) is 34.8 Å². The Bertz CT molecular complexity index is 409. The van der Waals surface area contributed by atoms with E-state index in [2.05, 4.69) is 31.5 Å². The summed E-state index contributed by atoms with van der Waals surface area (Å²) in [6, 6.07) is 1.62. The SMILES string of the molecule is O=C(CNc1ncc(Br)cc1F)NC1CC1. The molecule has 0 unspecified atom stereocenters. The van der Waals surface area contributed by atoms with Crippen molar-refractivity contribution >= 4 is 27.7 Å². The largest absolute Gasteiger partial charge is 0.359 e. The number of pyridine rings is 1. The van der Waals surface area contributed by atoms with Crippen molar-refractivity contribution in [1.29, 1.82) is 0 Å². The monoisotopic (exact) mass is 287 g/mol. The lowest BCUT2D eigenvalue weighted by Crippen LogP contribution is -2.31. The number of hydrogen-bond acceptors (Lipinski definition) is 3. The van der Waals surface area contributed by atoms with Crippen molar-refractivity contribution in [3.63, 3.8) is 0 Å². The number of halogens is 2. The van der Waals surface area contributed by atoms with Crippen LogP contribution >= 0.6 is 15.9 Å². The first-order valence-corrected chi connectivity index (χ1v) is 5.79. The third-order valence-electron chi connectivity index (χ3n) is 2.17. The van der Waals surface area contributed by atoms with Gasteiger partial charge >= 0.3 is 0 Å². The fraction of sp³-hybridized carbons (Fsp3) is 0.400. The van der Waals surface area contributed by atoms with Crippen LogP contribution in [0.1, 0.15) is 12.8 Å². The van der Waals surface area contributed by atoms with E-state index in [0.29, 0.717) is 10.5 Å². The smallest absolute Gasteiger partial charge is 0.239 e. The number of hydrogen-bond donors (Lipinski definition) is 2. The number of amides is 1. The lowest BCUT2D eigenvalue weighted by Gasteiger charge is -2.06. The third-order valence-corrected chi connectivity index (χ3v) is 2.60. The van der Waals surface area contributed by atoms with E-state index in [0.717, 1.165) is 12.8 Å². The molecule has 4 nitrogen and oxygen atoms in total. The van der Waals surface area contributed by atoms with Crippen molar-refractivity contribution in [2.24, 2.45) is 0 Å². The third kappa shape index (κ3) is 3.16. The second-order valence-electron chi connectivity index (χ2n) is 3.68. The Morgan fingerprint density at radius 1 is 1.62 bits per heavy atom. The van der Waals surface area contributed by atoms with Gasteiger partial charge in [0.1, 0.15) is 0 Å². The summed E-state index contributed by atoms with van der Waals surface area (Å²) in [7, 11) is 0. The van der Waals surface area contributed by atoms with Gasteiger partial charge in [-0.15, -0.1) is 0 Å². The zero-order valence-electron chi connectivity index (χ0n) is 8.46. The average molecular weight is 288 g/mol. The molecule has 0 radical (unpaired) electrons. The summed E-state index contributed by atoms with van der Waals surface area (Å²) in [5, 5.41) is 5.45. The van der Waals surface area contributed by atoms with Crippen molar-refractivity contribution in [2.45, 2.75) is 18.9 Å². The van der Waals surface area contributed by atoms with Crippen molar-refractivity contribution in [2.75, 3.05) is 11.9 Å². The van der Waals surface area contributed by atoms with Crippen LogP contribution in [0.4, 0.5) is 10.2 Å². The molecule has 0 bridgehead atoms. The van der Waals surface area contributed by atoms with E-state index >= 15 is 0 Å². The number of carbonyl (C=O) groups is 1. The maximum atomic E-state index is 13.3. The summed E-state index contributed by atoms with van der Waals surface area (Å²) in [6.07, 6.45) is 3.55. The molecule has 6 heteroatoms. The number of nitrogens with zero attached hydrogens (tertiary/aromatic N) is 1. The van der Waals surface area contributed by atoms with Gasteiger partial charge < -0.3 is 10.6 Å². The van der Waals surface area contributed by atoms with Gasteiger partial charge in [0.2, 0.25) is 5.91 Å². The molecule has 16 heavy (non-hydrogen) atoms. The number of nitrogens with one attached hydrogen (secondary N) is 2. The van der Waals surface area contributed by atoms with Gasteiger partial charge in [-0.3, -0.25) is 4.79 Å². The zero-order valence-corrected chi connectivity index (χ0v) is 10.1. The summed E-state index contributed by atoms with van der Waals surface area (Å²) in [4.78, 5) is 15.1. The van der Waals surface area contributed by atoms with Gasteiger partial charge in [0.25, 0.3) is 0 Å². The molecule has 0 spiro atoms. The fourth-order valence-corrected chi connectivity index (χ4v) is 1.52. The van der Waals surface area contributed by atoms with Crippen LogP contribution in [0.15, 0.2) is 16.7 Å². The average Bonchev–Trinajstić information content (AvgIpc) is 3.00. The molecule has 86 valence electrons. The Hall–Kier alpha value is -1.17. The van der Waals surface area contributed by atoms with Gasteiger partial charge in [-0.1, -0.05) is 0 Å². The normalized spacial score (nSPS) is 14.6. The Morgan fingerprint density at radius 2 is 2.38 bits per heavy atom. The van der Waals surface area contributed by atoms with Crippen LogP contribution in [0.5, 0.6) is 0 Å². The Morgan fingerprint density at radius 3 is 3.00 bits per heavy atom. The highest BCUT2D eigenvalue weighted by Crippen LogP contribution is 2.18. The summed E-state index contributed by atoms with van der Waals surface area (Å²) in [5.41, 5.74) is 0. The standard InChI is InChI=1S/C10H11BrFN3O/c11-6-3-8(12)10(13-4-6)14-5-9(16)15-7-1-2-7/h3-4,7H,1-2,5H2,(H,13,14)(H,15,16). The Kier molecular flexibility index (Phi) is 3.38. The molecule has 2 rings (SSSR count). The summed E-state index contributed by atoms with van der Waals surface area (Å²) in [6.45, 7) is 0.0437. The molecule has 2 N–H and O–H groups in total. The lowest BCUT2D eigenvalue weighted by molar-refractivity contribution is -0.119. The molecular weight excluding hydrogens is 277 g/mol. The molecule has 1 aromatic heterocycles. The van der Waals surface area contributed by atoms with Crippen molar-refractivity contribution in [3.05, 3.63) is 22.6 Å². The molecule has 1 heterocycles. The van der Waals surface area contributed by atoms with Crippen molar-refractivity contribution < 1.29 is 9.18 Å². The van der Waals surface area contributed by atoms with E-state index in [9.17, 15) is 9.18 Å². The molecular formula is C10H11BrFN3O. The van der Waals surface area contributed by atoms with E-state index in [1.807, 2.05) is 0 Å². The minimum atomic E-state index is -0.478. The lowest BCUT2D eigenvalue weighted by atomic mass is 10.4. The maximum Gasteiger partial charge on any atom is 0.239 e. The highest BCUT2D eigenvalue weighted by Gasteiger charge is 2.22. The molecule has 1 amide bonds. The summed E-state index contributed by atoms with van der Waals surface area (Å²) < 4.78 is 13.9.